The Bertz CT molecular complexity index is 3130. The molecule has 2 aliphatic heterocycles. The van der Waals surface area contributed by atoms with Crippen LogP contribution < -0.4 is 25.9 Å². The molecule has 6 heteroatoms. The number of furan rings is 1. The number of pyridine rings is 1. The number of nitrogens with zero attached hydrogens (tertiary/aromatic N) is 2. The molecule has 0 N–H and O–H groups in total. The molecule has 0 saturated carbocycles. The highest BCUT2D eigenvalue weighted by Crippen LogP contribution is 2.41. The highest BCUT2D eigenvalue weighted by Gasteiger charge is 2.40. The van der Waals surface area contributed by atoms with Gasteiger partial charge < -0.3 is 13.9 Å². The van der Waals surface area contributed by atoms with Crippen LogP contribution in [-0.2, 0) is 0 Å². The molecule has 0 radical (unpaired) electrons. The number of aromatic nitrogens is 2. The number of hydrogen-bond acceptors (Lipinski definition) is 4. The van der Waals surface area contributed by atoms with Crippen LogP contribution in [0.15, 0.2) is 168 Å². The summed E-state index contributed by atoms with van der Waals surface area (Å²) in [4.78, 5) is 5.38. The average Bonchev–Trinajstić information content (AvgIpc) is 3.77. The van der Waals surface area contributed by atoms with E-state index in [0.717, 1.165) is 106 Å². The lowest BCUT2D eigenvalue weighted by Crippen LogP contribution is -2.57. The number of ether oxygens (including phenoxy) is 2. The van der Waals surface area contributed by atoms with Gasteiger partial charge in [-0.3, -0.25) is 4.57 Å². The summed E-state index contributed by atoms with van der Waals surface area (Å²) in [7, 11) is 0. The molecular weight excluding hydrogens is 651 g/mol. The van der Waals surface area contributed by atoms with E-state index in [0.29, 0.717) is 0 Å². The zero-order valence-corrected chi connectivity index (χ0v) is 28.3. The minimum Gasteiger partial charge on any atom is -0.458 e. The van der Waals surface area contributed by atoms with Crippen molar-refractivity contribution in [1.29, 1.82) is 0 Å². The van der Waals surface area contributed by atoms with E-state index < -0.39 is 0 Å². The quantitative estimate of drug-likeness (QED) is 0.175. The highest BCUT2D eigenvalue weighted by atomic mass is 16.5. The molecule has 0 bridgehead atoms. The maximum atomic E-state index is 6.60. The Balaban J connectivity index is 1.05. The lowest BCUT2D eigenvalue weighted by molar-refractivity contribution is 0.464. The summed E-state index contributed by atoms with van der Waals surface area (Å²) < 4.78 is 21.9. The second-order valence-electron chi connectivity index (χ2n) is 13.8. The minimum absolute atomic E-state index is 0.0702. The van der Waals surface area contributed by atoms with E-state index in [2.05, 4.69) is 132 Å². The maximum absolute atomic E-state index is 6.60. The molecule has 0 saturated heterocycles. The average molecular weight is 679 g/mol. The van der Waals surface area contributed by atoms with E-state index in [1.54, 1.807) is 0 Å². The number of fused-ring (bicyclic) bond motifs is 11. The van der Waals surface area contributed by atoms with E-state index in [4.69, 9.17) is 18.9 Å². The van der Waals surface area contributed by atoms with Gasteiger partial charge in [0.15, 0.2) is 5.58 Å². The number of benzene rings is 7. The molecule has 3 aromatic heterocycles. The fourth-order valence-corrected chi connectivity index (χ4v) is 8.58. The normalized spacial score (nSPS) is 12.8. The molecule has 53 heavy (non-hydrogen) atoms. The third-order valence-electron chi connectivity index (χ3n) is 10.9. The summed E-state index contributed by atoms with van der Waals surface area (Å²) in [6.07, 6.45) is 0. The Morgan fingerprint density at radius 2 is 1.15 bits per heavy atom. The third kappa shape index (κ3) is 4.12. The Morgan fingerprint density at radius 1 is 0.472 bits per heavy atom. The number of para-hydroxylation sites is 2. The van der Waals surface area contributed by atoms with Gasteiger partial charge in [-0.05, 0) is 88.3 Å². The molecule has 0 atom stereocenters. The molecule has 5 heterocycles. The van der Waals surface area contributed by atoms with Crippen LogP contribution in [0.1, 0.15) is 0 Å². The van der Waals surface area contributed by atoms with Crippen molar-refractivity contribution in [1.82, 2.24) is 9.55 Å². The van der Waals surface area contributed by atoms with Gasteiger partial charge in [-0.25, -0.2) is 4.98 Å². The fourth-order valence-electron chi connectivity index (χ4n) is 8.58. The Morgan fingerprint density at radius 3 is 1.98 bits per heavy atom. The van der Waals surface area contributed by atoms with Crippen molar-refractivity contribution in [3.05, 3.63) is 164 Å². The van der Waals surface area contributed by atoms with Crippen LogP contribution in [-0.4, -0.2) is 16.3 Å². The predicted octanol–water partition coefficient (Wildman–Crippen LogP) is 10.1. The van der Waals surface area contributed by atoms with Gasteiger partial charge >= 0.3 is 0 Å². The van der Waals surface area contributed by atoms with Crippen LogP contribution in [0.5, 0.6) is 23.0 Å². The third-order valence-corrected chi connectivity index (χ3v) is 10.9. The van der Waals surface area contributed by atoms with Crippen LogP contribution in [0.4, 0.5) is 0 Å². The molecule has 0 fully saturated rings. The zero-order chi connectivity index (χ0) is 34.6. The molecule has 5 nitrogen and oxygen atoms in total. The van der Waals surface area contributed by atoms with Gasteiger partial charge in [0.2, 0.25) is 0 Å². The molecule has 2 aliphatic rings. The van der Waals surface area contributed by atoms with E-state index in [1.165, 1.54) is 5.56 Å². The van der Waals surface area contributed by atoms with Crippen LogP contribution in [0.25, 0.3) is 71.9 Å². The van der Waals surface area contributed by atoms with Crippen molar-refractivity contribution < 1.29 is 13.9 Å². The van der Waals surface area contributed by atoms with Gasteiger partial charge in [0, 0.05) is 27.0 Å². The summed E-state index contributed by atoms with van der Waals surface area (Å²) in [5, 5.41) is 4.49. The predicted molar refractivity (Wildman–Crippen MR) is 214 cm³/mol. The fraction of sp³-hybridized carbons (Fsp3) is 0. The topological polar surface area (TPSA) is 49.4 Å². The second kappa shape index (κ2) is 10.7. The van der Waals surface area contributed by atoms with Crippen LogP contribution in [0.2, 0.25) is 0 Å². The van der Waals surface area contributed by atoms with Crippen molar-refractivity contribution in [2.45, 2.75) is 0 Å². The monoisotopic (exact) mass is 678 g/mol. The van der Waals surface area contributed by atoms with Gasteiger partial charge in [0.1, 0.15) is 34.4 Å². The van der Waals surface area contributed by atoms with Crippen molar-refractivity contribution in [3.8, 4) is 51.2 Å². The van der Waals surface area contributed by atoms with E-state index >= 15 is 0 Å². The summed E-state index contributed by atoms with van der Waals surface area (Å²) in [5.74, 6) is 4.18. The zero-order valence-electron chi connectivity index (χ0n) is 28.3. The van der Waals surface area contributed by atoms with Crippen LogP contribution >= 0.6 is 0 Å². The first kappa shape index (κ1) is 28.6. The molecule has 7 aromatic carbocycles. The van der Waals surface area contributed by atoms with Gasteiger partial charge in [0.05, 0.1) is 16.7 Å². The van der Waals surface area contributed by atoms with Gasteiger partial charge in [-0.15, -0.1) is 0 Å². The molecule has 0 amide bonds. The Hall–Kier alpha value is -7.05. The largest absolute Gasteiger partial charge is 0.458 e. The Kier molecular flexibility index (Phi) is 5.80. The smallest absolute Gasteiger partial charge is 0.260 e. The van der Waals surface area contributed by atoms with E-state index in [9.17, 15) is 0 Å². The standard InChI is InChI=1S/C47H27BN2O3/c1-2-10-28(11-3-1)29-20-24-40-35(26-29)48-36-27-30(21-25-41(36)52-43-18-9-17-42(51-40)45(43)48)37-14-8-19-44(49-37)50-38-15-6-4-12-31(38)33-22-23-34-32-13-5-7-16-39(32)53-47(34)46(33)50/h1-27H. The molecule has 10 aromatic rings. The van der Waals surface area contributed by atoms with Gasteiger partial charge in [-0.2, -0.15) is 0 Å². The molecular formula is C47H27BN2O3. The van der Waals surface area contributed by atoms with Crippen molar-refractivity contribution in [2.24, 2.45) is 0 Å². The number of rotatable bonds is 3. The first-order valence-corrected chi connectivity index (χ1v) is 17.9. The van der Waals surface area contributed by atoms with E-state index in [-0.39, 0.29) is 6.71 Å². The Labute approximate surface area is 304 Å². The summed E-state index contributed by atoms with van der Waals surface area (Å²) in [6.45, 7) is -0.0702. The first-order valence-electron chi connectivity index (χ1n) is 17.9. The van der Waals surface area contributed by atoms with Crippen LogP contribution in [0.3, 0.4) is 0 Å². The summed E-state index contributed by atoms with van der Waals surface area (Å²) in [5.41, 5.74) is 11.3. The van der Waals surface area contributed by atoms with Gasteiger partial charge in [0.25, 0.3) is 6.71 Å². The highest BCUT2D eigenvalue weighted by molar-refractivity contribution is 6.98. The summed E-state index contributed by atoms with van der Waals surface area (Å²) >= 11 is 0. The van der Waals surface area contributed by atoms with Crippen molar-refractivity contribution in [2.75, 3.05) is 0 Å². The molecule has 12 rings (SSSR count). The molecule has 0 aliphatic carbocycles. The van der Waals surface area contributed by atoms with Crippen molar-refractivity contribution >= 4 is 66.8 Å². The van der Waals surface area contributed by atoms with Crippen molar-refractivity contribution in [3.63, 3.8) is 0 Å². The molecule has 0 unspecified atom stereocenters. The lowest BCUT2D eigenvalue weighted by atomic mass is 9.34. The molecule has 246 valence electrons. The van der Waals surface area contributed by atoms with E-state index in [1.807, 2.05) is 36.4 Å². The SMILES string of the molecule is c1ccc(-c2ccc3c(c2)B2c4cc(-c5cccc(-n6c7ccccc7c7ccc8c9ccccc9oc8c76)n5)ccc4Oc4cccc(c42)O3)cc1. The first-order chi connectivity index (χ1) is 26.3. The summed E-state index contributed by atoms with van der Waals surface area (Å²) in [6, 6.07) is 57.0. The maximum Gasteiger partial charge on any atom is 0.260 e. The second-order valence-corrected chi connectivity index (χ2v) is 13.8. The number of hydrogen-bond donors (Lipinski definition) is 0. The van der Waals surface area contributed by atoms with Crippen LogP contribution in [0, 0.1) is 0 Å². The minimum atomic E-state index is -0.0702. The lowest BCUT2D eigenvalue weighted by Gasteiger charge is -2.33. The van der Waals surface area contributed by atoms with Gasteiger partial charge in [-0.1, -0.05) is 103 Å². The molecule has 0 spiro atoms.